The number of methoxy groups -OCH3 is 1. The van der Waals surface area contributed by atoms with Crippen molar-refractivity contribution >= 4 is 21.8 Å². The lowest BCUT2D eigenvalue weighted by Crippen LogP contribution is -2.08. The second-order valence-electron chi connectivity index (χ2n) is 3.31. The maximum atomic E-state index is 11.3. The minimum absolute atomic E-state index is 0.118. The highest BCUT2D eigenvalue weighted by molar-refractivity contribution is 7.90. The van der Waals surface area contributed by atoms with Gasteiger partial charge in [0.05, 0.1) is 23.1 Å². The molecular weight excluding hydrogens is 248 g/mol. The van der Waals surface area contributed by atoms with Crippen molar-refractivity contribution < 1.29 is 27.9 Å². The molecule has 0 saturated heterocycles. The normalized spacial score (nSPS) is 10.9. The van der Waals surface area contributed by atoms with Gasteiger partial charge in [-0.3, -0.25) is 0 Å². The largest absolute Gasteiger partial charge is 0.478 e. The summed E-state index contributed by atoms with van der Waals surface area (Å²) in [5.41, 5.74) is -0.402. The molecule has 0 saturated carbocycles. The molecule has 0 aromatic heterocycles. The van der Waals surface area contributed by atoms with Gasteiger partial charge in [-0.15, -0.1) is 0 Å². The van der Waals surface area contributed by atoms with Crippen LogP contribution in [0.1, 0.15) is 20.7 Å². The number of hydrogen-bond acceptors (Lipinski definition) is 5. The van der Waals surface area contributed by atoms with E-state index >= 15 is 0 Å². The van der Waals surface area contributed by atoms with Crippen molar-refractivity contribution in [3.8, 4) is 0 Å². The van der Waals surface area contributed by atoms with Gasteiger partial charge in [0.25, 0.3) is 0 Å². The van der Waals surface area contributed by atoms with E-state index in [0.717, 1.165) is 31.6 Å². The van der Waals surface area contributed by atoms with Gasteiger partial charge in [0.2, 0.25) is 0 Å². The fourth-order valence-corrected chi connectivity index (χ4v) is 1.85. The van der Waals surface area contributed by atoms with Crippen molar-refractivity contribution in [1.82, 2.24) is 0 Å². The van der Waals surface area contributed by atoms with Crippen LogP contribution in [0, 0.1) is 0 Å². The van der Waals surface area contributed by atoms with Gasteiger partial charge in [0, 0.05) is 6.26 Å². The summed E-state index contributed by atoms with van der Waals surface area (Å²) < 4.78 is 27.1. The number of sulfone groups is 1. The van der Waals surface area contributed by atoms with Crippen molar-refractivity contribution in [1.29, 1.82) is 0 Å². The second-order valence-corrected chi connectivity index (χ2v) is 5.33. The first-order chi connectivity index (χ1) is 7.75. The highest BCUT2D eigenvalue weighted by Crippen LogP contribution is 2.16. The molecule has 0 radical (unpaired) electrons. The number of esters is 1. The Labute approximate surface area is 97.7 Å². The summed E-state index contributed by atoms with van der Waals surface area (Å²) in [6, 6.07) is 3.13. The number of hydrogen-bond donors (Lipinski definition) is 1. The van der Waals surface area contributed by atoms with E-state index in [4.69, 9.17) is 5.11 Å². The number of carboxylic acid groups (broad SMARTS) is 1. The molecule has 0 aliphatic heterocycles. The van der Waals surface area contributed by atoms with Crippen molar-refractivity contribution in [3.05, 3.63) is 29.3 Å². The fraction of sp³-hybridized carbons (Fsp3) is 0.200. The zero-order chi connectivity index (χ0) is 13.2. The number of ether oxygens (including phenoxy) is 1. The minimum Gasteiger partial charge on any atom is -0.478 e. The Balaban J connectivity index is 3.50. The molecule has 0 amide bonds. The highest BCUT2D eigenvalue weighted by Gasteiger charge is 2.17. The predicted octanol–water partition coefficient (Wildman–Crippen LogP) is 0.575. The van der Waals surface area contributed by atoms with E-state index in [1.165, 1.54) is 0 Å². The van der Waals surface area contributed by atoms with Crippen LogP contribution in [-0.2, 0) is 14.6 Å². The van der Waals surface area contributed by atoms with E-state index in [1.54, 1.807) is 0 Å². The predicted molar refractivity (Wildman–Crippen MR) is 57.9 cm³/mol. The third-order valence-electron chi connectivity index (χ3n) is 2.00. The Bertz CT molecular complexity index is 572. The van der Waals surface area contributed by atoms with E-state index in [2.05, 4.69) is 4.74 Å². The average Bonchev–Trinajstić information content (AvgIpc) is 2.26. The molecule has 0 unspecified atom stereocenters. The summed E-state index contributed by atoms with van der Waals surface area (Å²) in [5.74, 6) is -2.11. The van der Waals surface area contributed by atoms with Crippen LogP contribution in [0.2, 0.25) is 0 Å². The molecule has 6 nitrogen and oxygen atoms in total. The van der Waals surface area contributed by atoms with Gasteiger partial charge in [-0.2, -0.15) is 0 Å². The summed E-state index contributed by atoms with van der Waals surface area (Å²) in [6.07, 6.45) is 0.926. The lowest BCUT2D eigenvalue weighted by atomic mass is 10.1. The van der Waals surface area contributed by atoms with Crippen LogP contribution < -0.4 is 0 Å². The molecule has 1 rings (SSSR count). The van der Waals surface area contributed by atoms with E-state index in [9.17, 15) is 18.0 Å². The smallest absolute Gasteiger partial charge is 0.337 e. The Hall–Kier alpha value is -1.89. The van der Waals surface area contributed by atoms with E-state index < -0.39 is 21.8 Å². The van der Waals surface area contributed by atoms with Gasteiger partial charge in [0.1, 0.15) is 0 Å². The zero-order valence-electron chi connectivity index (χ0n) is 9.13. The zero-order valence-corrected chi connectivity index (χ0v) is 9.95. The van der Waals surface area contributed by atoms with Gasteiger partial charge < -0.3 is 9.84 Å². The molecule has 7 heteroatoms. The van der Waals surface area contributed by atoms with Crippen molar-refractivity contribution in [2.45, 2.75) is 4.90 Å². The van der Waals surface area contributed by atoms with Gasteiger partial charge >= 0.3 is 11.9 Å². The lowest BCUT2D eigenvalue weighted by Gasteiger charge is -2.04. The first-order valence-electron chi connectivity index (χ1n) is 4.42. The van der Waals surface area contributed by atoms with E-state index in [0.29, 0.717) is 0 Å². The van der Waals surface area contributed by atoms with E-state index in [-0.39, 0.29) is 16.0 Å². The van der Waals surface area contributed by atoms with Crippen molar-refractivity contribution in [2.24, 2.45) is 0 Å². The molecular formula is C10H10O6S. The number of carbonyl (C=O) groups excluding carboxylic acids is 1. The van der Waals surface area contributed by atoms with Crippen molar-refractivity contribution in [2.75, 3.05) is 13.4 Å². The molecule has 0 bridgehead atoms. The molecule has 0 aliphatic rings. The number of carboxylic acids is 1. The summed E-state index contributed by atoms with van der Waals surface area (Å²) in [6.45, 7) is 0. The average molecular weight is 258 g/mol. The minimum atomic E-state index is -3.59. The molecule has 92 valence electrons. The molecule has 0 atom stereocenters. The van der Waals surface area contributed by atoms with Gasteiger partial charge in [0.15, 0.2) is 9.84 Å². The molecule has 17 heavy (non-hydrogen) atoms. The van der Waals surface area contributed by atoms with Crippen LogP contribution in [0.25, 0.3) is 0 Å². The summed E-state index contributed by atoms with van der Waals surface area (Å²) >= 11 is 0. The molecule has 0 heterocycles. The Morgan fingerprint density at radius 2 is 1.71 bits per heavy atom. The SMILES string of the molecule is COC(=O)c1cc(C(=O)O)cc(S(C)(=O)=O)c1. The quantitative estimate of drug-likeness (QED) is 0.796. The van der Waals surface area contributed by atoms with Gasteiger partial charge in [-0.25, -0.2) is 18.0 Å². The van der Waals surface area contributed by atoms with Gasteiger partial charge in [-0.1, -0.05) is 0 Å². The maximum Gasteiger partial charge on any atom is 0.337 e. The summed E-state index contributed by atoms with van der Waals surface area (Å²) in [5, 5.41) is 8.81. The molecule has 1 aromatic carbocycles. The van der Waals surface area contributed by atoms with Crippen LogP contribution in [0.5, 0.6) is 0 Å². The van der Waals surface area contributed by atoms with Crippen LogP contribution >= 0.6 is 0 Å². The summed E-state index contributed by atoms with van der Waals surface area (Å²) in [7, 11) is -2.47. The second kappa shape index (κ2) is 4.54. The van der Waals surface area contributed by atoms with Gasteiger partial charge in [-0.05, 0) is 18.2 Å². The summed E-state index contributed by atoms with van der Waals surface area (Å²) in [4.78, 5) is 21.8. The Morgan fingerprint density at radius 3 is 2.12 bits per heavy atom. The monoisotopic (exact) mass is 258 g/mol. The fourth-order valence-electron chi connectivity index (χ4n) is 1.17. The maximum absolute atomic E-state index is 11.3. The van der Waals surface area contributed by atoms with E-state index in [1.807, 2.05) is 0 Å². The number of benzene rings is 1. The molecule has 0 fully saturated rings. The third kappa shape index (κ3) is 3.04. The first-order valence-corrected chi connectivity index (χ1v) is 6.31. The number of carbonyl (C=O) groups is 2. The highest BCUT2D eigenvalue weighted by atomic mass is 32.2. The van der Waals surface area contributed by atoms with Crippen molar-refractivity contribution in [3.63, 3.8) is 0 Å². The third-order valence-corrected chi connectivity index (χ3v) is 3.09. The van der Waals surface area contributed by atoms with Crippen LogP contribution in [0.15, 0.2) is 23.1 Å². The number of rotatable bonds is 3. The van der Waals surface area contributed by atoms with Crippen LogP contribution in [-0.4, -0.2) is 38.8 Å². The van der Waals surface area contributed by atoms with Crippen LogP contribution in [0.4, 0.5) is 0 Å². The Kier molecular flexibility index (Phi) is 3.52. The standard InChI is InChI=1S/C10H10O6S/c1-16-10(13)7-3-6(9(11)12)4-8(5-7)17(2,14)15/h3-5H,1-2H3,(H,11,12). The Morgan fingerprint density at radius 1 is 1.18 bits per heavy atom. The molecule has 0 aliphatic carbocycles. The van der Waals surface area contributed by atoms with Crippen LogP contribution in [0.3, 0.4) is 0 Å². The number of aromatic carboxylic acids is 1. The molecule has 1 aromatic rings. The molecule has 1 N–H and O–H groups in total. The lowest BCUT2D eigenvalue weighted by molar-refractivity contribution is 0.0600. The first kappa shape index (κ1) is 13.2. The molecule has 0 spiro atoms. The topological polar surface area (TPSA) is 97.7 Å².